The largest absolute Gasteiger partial charge is 0.445 e. The van der Waals surface area contributed by atoms with Crippen molar-refractivity contribution in [3.63, 3.8) is 0 Å². The molecule has 1 fully saturated rings. The Morgan fingerprint density at radius 2 is 1.43 bits per heavy atom. The van der Waals surface area contributed by atoms with Crippen molar-refractivity contribution in [2.24, 2.45) is 11.7 Å². The summed E-state index contributed by atoms with van der Waals surface area (Å²) >= 11 is 0. The first-order valence-corrected chi connectivity index (χ1v) is 14.6. The van der Waals surface area contributed by atoms with Gasteiger partial charge < -0.3 is 36.5 Å². The van der Waals surface area contributed by atoms with Gasteiger partial charge in [0.2, 0.25) is 35.4 Å². The molecule has 0 aromatic heterocycles. The summed E-state index contributed by atoms with van der Waals surface area (Å²) in [7, 11) is 0. The molecule has 0 radical (unpaired) electrons. The second-order valence-corrected chi connectivity index (χ2v) is 10.8. The SMILES string of the molecule is CC(C)C(NC(=O)COCC(=O)Nc1ccc(CCC(=O)N2CCC2=O)cc1)C(=O)NCC(=O)Nc1ccc(COC(N)=O)cc1. The minimum absolute atomic E-state index is 0.00791. The van der Waals surface area contributed by atoms with Gasteiger partial charge in [0.15, 0.2) is 0 Å². The smallest absolute Gasteiger partial charge is 0.404 e. The van der Waals surface area contributed by atoms with E-state index in [0.29, 0.717) is 36.3 Å². The molecule has 3 rings (SSSR count). The number of hydrogen-bond acceptors (Lipinski definition) is 9. The number of anilines is 2. The van der Waals surface area contributed by atoms with E-state index in [2.05, 4.69) is 21.3 Å². The molecule has 0 bridgehead atoms. The zero-order valence-corrected chi connectivity index (χ0v) is 25.6. The van der Waals surface area contributed by atoms with Crippen LogP contribution in [0.25, 0.3) is 0 Å². The number of likely N-dealkylation sites (tertiary alicyclic amines) is 1. The normalized spacial score (nSPS) is 12.8. The van der Waals surface area contributed by atoms with Crippen LogP contribution in [0.5, 0.6) is 0 Å². The second-order valence-electron chi connectivity index (χ2n) is 10.8. The Kier molecular flexibility index (Phi) is 13.2. The molecule has 1 atom stereocenters. The molecular formula is C31H38N6O9. The third-order valence-corrected chi connectivity index (χ3v) is 6.79. The molecule has 1 saturated heterocycles. The van der Waals surface area contributed by atoms with E-state index in [-0.39, 0.29) is 37.3 Å². The fraction of sp³-hybridized carbons (Fsp3) is 0.387. The summed E-state index contributed by atoms with van der Waals surface area (Å²) in [5, 5.41) is 10.3. The van der Waals surface area contributed by atoms with Gasteiger partial charge in [-0.15, -0.1) is 0 Å². The van der Waals surface area contributed by atoms with E-state index in [9.17, 15) is 33.6 Å². The van der Waals surface area contributed by atoms with Crippen LogP contribution in [0.3, 0.4) is 0 Å². The number of aryl methyl sites for hydroxylation is 1. The van der Waals surface area contributed by atoms with Crippen molar-refractivity contribution in [2.45, 2.75) is 45.8 Å². The predicted octanol–water partition coefficient (Wildman–Crippen LogP) is 0.824. The highest BCUT2D eigenvalue weighted by atomic mass is 16.5. The number of nitrogens with one attached hydrogen (secondary N) is 4. The van der Waals surface area contributed by atoms with Gasteiger partial charge in [-0.2, -0.15) is 0 Å². The standard InChI is InChI=1S/C31H38N6O9/c1-19(2)29(30(43)33-15-24(38)34-22-10-5-21(6-11-22)16-46-31(32)44)36-26(40)18-45-17-25(39)35-23-8-3-20(4-9-23)7-12-27(41)37-14-13-28(37)42/h3-6,8-11,19,29H,7,12-18H2,1-2H3,(H2,32,44)(H,33,43)(H,34,38)(H,35,39)(H,36,40). The van der Waals surface area contributed by atoms with Crippen molar-refractivity contribution in [1.29, 1.82) is 0 Å². The molecule has 1 unspecified atom stereocenters. The fourth-order valence-electron chi connectivity index (χ4n) is 4.22. The van der Waals surface area contributed by atoms with Crippen LogP contribution >= 0.6 is 0 Å². The van der Waals surface area contributed by atoms with Crippen LogP contribution in [0.15, 0.2) is 48.5 Å². The third-order valence-electron chi connectivity index (χ3n) is 6.79. The Bertz CT molecular complexity index is 1430. The van der Waals surface area contributed by atoms with E-state index < -0.39 is 49.0 Å². The van der Waals surface area contributed by atoms with Crippen molar-refractivity contribution < 1.29 is 43.0 Å². The Balaban J connectivity index is 1.33. The summed E-state index contributed by atoms with van der Waals surface area (Å²) in [6.07, 6.45) is 0.191. The van der Waals surface area contributed by atoms with Gasteiger partial charge >= 0.3 is 6.09 Å². The molecule has 15 heteroatoms. The summed E-state index contributed by atoms with van der Waals surface area (Å²) in [6, 6.07) is 12.4. The Morgan fingerprint density at radius 3 is 1.98 bits per heavy atom. The van der Waals surface area contributed by atoms with Crippen LogP contribution in [0.4, 0.5) is 16.2 Å². The number of carbonyl (C=O) groups excluding carboxylic acids is 7. The molecule has 1 aliphatic rings. The lowest BCUT2D eigenvalue weighted by atomic mass is 10.0. The molecule has 2 aromatic carbocycles. The average molecular weight is 639 g/mol. The summed E-state index contributed by atoms with van der Waals surface area (Å²) < 4.78 is 9.90. The fourth-order valence-corrected chi connectivity index (χ4v) is 4.22. The number of hydrogen-bond donors (Lipinski definition) is 5. The Hall–Kier alpha value is -5.31. The van der Waals surface area contributed by atoms with E-state index >= 15 is 0 Å². The molecule has 6 N–H and O–H groups in total. The molecule has 15 nitrogen and oxygen atoms in total. The monoisotopic (exact) mass is 638 g/mol. The third kappa shape index (κ3) is 11.6. The van der Waals surface area contributed by atoms with Crippen LogP contribution in [0, 0.1) is 5.92 Å². The molecule has 0 saturated carbocycles. The summed E-state index contributed by atoms with van der Waals surface area (Å²) in [5.74, 6) is -2.85. The van der Waals surface area contributed by atoms with Gasteiger partial charge in [-0.1, -0.05) is 38.1 Å². The Morgan fingerprint density at radius 1 is 0.848 bits per heavy atom. The van der Waals surface area contributed by atoms with Crippen molar-refractivity contribution in [3.05, 3.63) is 59.7 Å². The highest BCUT2D eigenvalue weighted by Gasteiger charge is 2.29. The highest BCUT2D eigenvalue weighted by molar-refractivity contribution is 5.99. The number of nitrogens with two attached hydrogens (primary N) is 1. The second kappa shape index (κ2) is 17.2. The van der Waals surface area contributed by atoms with Crippen LogP contribution in [-0.2, 0) is 51.3 Å². The van der Waals surface area contributed by atoms with Crippen molar-refractivity contribution >= 4 is 52.9 Å². The van der Waals surface area contributed by atoms with Gasteiger partial charge in [-0.3, -0.25) is 33.7 Å². The van der Waals surface area contributed by atoms with Gasteiger partial charge in [0.1, 0.15) is 25.9 Å². The van der Waals surface area contributed by atoms with Crippen LogP contribution in [0.2, 0.25) is 0 Å². The number of imide groups is 1. The summed E-state index contributed by atoms with van der Waals surface area (Å²) in [6.45, 7) is 2.67. The molecule has 0 spiro atoms. The van der Waals surface area contributed by atoms with Crippen molar-refractivity contribution in [1.82, 2.24) is 15.5 Å². The van der Waals surface area contributed by atoms with E-state index in [1.54, 1.807) is 62.4 Å². The van der Waals surface area contributed by atoms with Crippen LogP contribution < -0.4 is 27.0 Å². The summed E-state index contributed by atoms with van der Waals surface area (Å²) in [4.78, 5) is 85.0. The van der Waals surface area contributed by atoms with Crippen molar-refractivity contribution in [2.75, 3.05) is 36.9 Å². The minimum atomic E-state index is -0.956. The maximum Gasteiger partial charge on any atom is 0.404 e. The maximum atomic E-state index is 12.7. The zero-order chi connectivity index (χ0) is 33.6. The lowest BCUT2D eigenvalue weighted by molar-refractivity contribution is -0.152. The minimum Gasteiger partial charge on any atom is -0.445 e. The molecule has 1 aliphatic heterocycles. The Labute approximate surface area is 265 Å². The van der Waals surface area contributed by atoms with Crippen LogP contribution in [-0.4, -0.2) is 78.8 Å². The number of rotatable bonds is 16. The van der Waals surface area contributed by atoms with Gasteiger partial charge in [0.25, 0.3) is 0 Å². The number of amides is 7. The lowest BCUT2D eigenvalue weighted by Crippen LogP contribution is -2.51. The van der Waals surface area contributed by atoms with Crippen LogP contribution in [0.1, 0.15) is 37.8 Å². The van der Waals surface area contributed by atoms with Gasteiger partial charge in [-0.05, 0) is 47.7 Å². The number of ether oxygens (including phenoxy) is 2. The first-order chi connectivity index (χ1) is 21.9. The quantitative estimate of drug-likeness (QED) is 0.164. The number of nitrogens with zero attached hydrogens (tertiary/aromatic N) is 1. The highest BCUT2D eigenvalue weighted by Crippen LogP contribution is 2.15. The average Bonchev–Trinajstić information content (AvgIpc) is 3.00. The first kappa shape index (κ1) is 35.2. The number of benzene rings is 2. The lowest BCUT2D eigenvalue weighted by Gasteiger charge is -2.28. The van der Waals surface area contributed by atoms with E-state index in [1.165, 1.54) is 4.90 Å². The number of β-lactam (4-membered cyclic amide) rings is 1. The number of primary amides is 1. The first-order valence-electron chi connectivity index (χ1n) is 14.6. The van der Waals surface area contributed by atoms with Gasteiger partial charge in [-0.25, -0.2) is 4.79 Å². The number of carbonyl (C=O) groups is 7. The molecule has 7 amide bonds. The van der Waals surface area contributed by atoms with E-state index in [1.807, 2.05) is 0 Å². The molecule has 2 aromatic rings. The maximum absolute atomic E-state index is 12.7. The van der Waals surface area contributed by atoms with E-state index in [0.717, 1.165) is 5.56 Å². The molecular weight excluding hydrogens is 600 g/mol. The van der Waals surface area contributed by atoms with Gasteiger partial charge in [0.05, 0.1) is 6.54 Å². The summed E-state index contributed by atoms with van der Waals surface area (Å²) in [5.41, 5.74) is 7.43. The molecule has 46 heavy (non-hydrogen) atoms. The predicted molar refractivity (Wildman–Crippen MR) is 165 cm³/mol. The topological polar surface area (TPSA) is 215 Å². The molecule has 246 valence electrons. The van der Waals surface area contributed by atoms with Gasteiger partial charge in [0, 0.05) is 30.8 Å². The molecule has 0 aliphatic carbocycles. The zero-order valence-electron chi connectivity index (χ0n) is 25.6. The van der Waals surface area contributed by atoms with Crippen molar-refractivity contribution in [3.8, 4) is 0 Å². The van der Waals surface area contributed by atoms with E-state index in [4.69, 9.17) is 15.2 Å². The molecule has 1 heterocycles.